The largest absolute Gasteiger partial charge is 0.410 e. The summed E-state index contributed by atoms with van der Waals surface area (Å²) >= 11 is 17.4. The highest BCUT2D eigenvalue weighted by Crippen LogP contribution is 2.31. The molecule has 0 saturated carbocycles. The van der Waals surface area contributed by atoms with E-state index >= 15 is 0 Å². The van der Waals surface area contributed by atoms with Crippen LogP contribution in [0.1, 0.15) is 16.0 Å². The van der Waals surface area contributed by atoms with E-state index in [-0.39, 0.29) is 0 Å². The molecule has 1 heterocycles. The maximum Gasteiger partial charge on any atom is 0.130 e. The van der Waals surface area contributed by atoms with Crippen molar-refractivity contribution in [2.24, 2.45) is 5.16 Å². The predicted octanol–water partition coefficient (Wildman–Crippen LogP) is 7.10. The SMILES string of the molecule is Cc1cc(Br)ccc1Nc1ccc(C(=NO)c2sccc2Cl)c(Cl)c1. The highest BCUT2D eigenvalue weighted by Gasteiger charge is 2.16. The maximum atomic E-state index is 9.42. The number of anilines is 2. The molecule has 25 heavy (non-hydrogen) atoms. The van der Waals surface area contributed by atoms with Crippen LogP contribution in [-0.4, -0.2) is 10.9 Å². The highest BCUT2D eigenvalue weighted by molar-refractivity contribution is 9.10. The number of aryl methyl sites for hydroxylation is 1. The number of nitrogens with one attached hydrogen (secondary N) is 1. The summed E-state index contributed by atoms with van der Waals surface area (Å²) in [5.41, 5.74) is 3.92. The molecule has 0 fully saturated rings. The van der Waals surface area contributed by atoms with E-state index in [1.807, 2.05) is 42.6 Å². The van der Waals surface area contributed by atoms with Gasteiger partial charge in [-0.05, 0) is 60.3 Å². The fourth-order valence-corrected chi connectivity index (χ4v) is 4.28. The van der Waals surface area contributed by atoms with Crippen LogP contribution in [0.4, 0.5) is 11.4 Å². The maximum absolute atomic E-state index is 9.42. The topological polar surface area (TPSA) is 44.6 Å². The van der Waals surface area contributed by atoms with Gasteiger partial charge in [-0.3, -0.25) is 0 Å². The summed E-state index contributed by atoms with van der Waals surface area (Å²) in [6.45, 7) is 2.03. The molecule has 0 aliphatic rings. The Kier molecular flexibility index (Phi) is 5.69. The minimum atomic E-state index is 0.358. The van der Waals surface area contributed by atoms with E-state index in [0.717, 1.165) is 21.4 Å². The van der Waals surface area contributed by atoms with Crippen LogP contribution in [0.5, 0.6) is 0 Å². The zero-order chi connectivity index (χ0) is 18.0. The number of oxime groups is 1. The average Bonchev–Trinajstić information content (AvgIpc) is 2.99. The van der Waals surface area contributed by atoms with Crippen molar-refractivity contribution >= 4 is 67.6 Å². The first-order valence-electron chi connectivity index (χ1n) is 7.28. The summed E-state index contributed by atoms with van der Waals surface area (Å²) in [5, 5.41) is 19.0. The summed E-state index contributed by atoms with van der Waals surface area (Å²) in [7, 11) is 0. The Morgan fingerprint density at radius 2 is 1.92 bits per heavy atom. The molecule has 1 aromatic heterocycles. The fraction of sp³-hybridized carbons (Fsp3) is 0.0556. The van der Waals surface area contributed by atoms with Gasteiger partial charge >= 0.3 is 0 Å². The molecule has 0 atom stereocenters. The number of hydrogen-bond acceptors (Lipinski definition) is 4. The molecule has 2 aromatic carbocycles. The van der Waals surface area contributed by atoms with Crippen LogP contribution < -0.4 is 5.32 Å². The van der Waals surface area contributed by atoms with Crippen LogP contribution in [0.15, 0.2) is 57.5 Å². The standard InChI is InChI=1S/C18H13BrCl2N2OS/c1-10-8-11(19)2-5-16(10)22-12-3-4-13(15(21)9-12)17(23-24)18-14(20)6-7-25-18/h2-9,22,24H,1H3. The Hall–Kier alpha value is -1.53. The van der Waals surface area contributed by atoms with Crippen molar-refractivity contribution in [3.05, 3.63) is 78.4 Å². The van der Waals surface area contributed by atoms with E-state index in [1.165, 1.54) is 11.3 Å². The van der Waals surface area contributed by atoms with Gasteiger partial charge in [0, 0.05) is 21.4 Å². The molecule has 0 unspecified atom stereocenters. The molecule has 3 nitrogen and oxygen atoms in total. The number of thiophene rings is 1. The van der Waals surface area contributed by atoms with Crippen molar-refractivity contribution in [1.29, 1.82) is 0 Å². The van der Waals surface area contributed by atoms with E-state index in [4.69, 9.17) is 23.2 Å². The van der Waals surface area contributed by atoms with E-state index < -0.39 is 0 Å². The van der Waals surface area contributed by atoms with Crippen LogP contribution in [-0.2, 0) is 0 Å². The van der Waals surface area contributed by atoms with Gasteiger partial charge in [0.25, 0.3) is 0 Å². The third-order valence-corrected chi connectivity index (χ3v) is 5.78. The molecule has 3 rings (SSSR count). The zero-order valence-corrected chi connectivity index (χ0v) is 17.0. The number of halogens is 3. The minimum Gasteiger partial charge on any atom is -0.410 e. The lowest BCUT2D eigenvalue weighted by Gasteiger charge is -2.12. The van der Waals surface area contributed by atoms with E-state index in [1.54, 1.807) is 12.1 Å². The first-order chi connectivity index (χ1) is 12.0. The number of benzene rings is 2. The van der Waals surface area contributed by atoms with E-state index in [0.29, 0.717) is 26.2 Å². The lowest BCUT2D eigenvalue weighted by Crippen LogP contribution is -2.03. The van der Waals surface area contributed by atoms with Crippen LogP contribution in [0.3, 0.4) is 0 Å². The average molecular weight is 456 g/mol. The molecule has 3 aromatic rings. The summed E-state index contributed by atoms with van der Waals surface area (Å²) in [4.78, 5) is 0.676. The van der Waals surface area contributed by atoms with Gasteiger partial charge in [0.1, 0.15) is 5.71 Å². The second kappa shape index (κ2) is 7.79. The Bertz CT molecular complexity index is 956. The third-order valence-electron chi connectivity index (χ3n) is 3.62. The Morgan fingerprint density at radius 1 is 1.12 bits per heavy atom. The molecule has 2 N–H and O–H groups in total. The molecule has 0 aliphatic heterocycles. The molecular formula is C18H13BrCl2N2OS. The van der Waals surface area contributed by atoms with Crippen LogP contribution in [0.25, 0.3) is 0 Å². The number of nitrogens with zero attached hydrogens (tertiary/aromatic N) is 1. The van der Waals surface area contributed by atoms with Crippen molar-refractivity contribution in [1.82, 2.24) is 0 Å². The van der Waals surface area contributed by atoms with Crippen molar-refractivity contribution in [2.75, 3.05) is 5.32 Å². The van der Waals surface area contributed by atoms with Crippen LogP contribution in [0.2, 0.25) is 10.0 Å². The lowest BCUT2D eigenvalue weighted by molar-refractivity contribution is 0.320. The minimum absolute atomic E-state index is 0.358. The van der Waals surface area contributed by atoms with Crippen molar-refractivity contribution in [3.8, 4) is 0 Å². The van der Waals surface area contributed by atoms with E-state index in [9.17, 15) is 5.21 Å². The Labute approximate surface area is 168 Å². The van der Waals surface area contributed by atoms with Gasteiger partial charge in [0.05, 0.1) is 14.9 Å². The summed E-state index contributed by atoms with van der Waals surface area (Å²) in [6.07, 6.45) is 0. The van der Waals surface area contributed by atoms with Gasteiger partial charge in [-0.2, -0.15) is 0 Å². The highest BCUT2D eigenvalue weighted by atomic mass is 79.9. The first-order valence-corrected chi connectivity index (χ1v) is 9.71. The number of hydrogen-bond donors (Lipinski definition) is 2. The van der Waals surface area contributed by atoms with Crippen molar-refractivity contribution < 1.29 is 5.21 Å². The second-order valence-electron chi connectivity index (χ2n) is 5.33. The third kappa shape index (κ3) is 4.01. The summed E-state index contributed by atoms with van der Waals surface area (Å²) in [6, 6.07) is 13.2. The first kappa shape index (κ1) is 18.3. The predicted molar refractivity (Wildman–Crippen MR) is 110 cm³/mol. The molecule has 0 bridgehead atoms. The molecule has 0 spiro atoms. The Balaban J connectivity index is 1.92. The molecule has 0 aliphatic carbocycles. The molecule has 0 saturated heterocycles. The molecular weight excluding hydrogens is 443 g/mol. The molecule has 0 amide bonds. The van der Waals surface area contributed by atoms with Gasteiger partial charge < -0.3 is 10.5 Å². The second-order valence-corrected chi connectivity index (χ2v) is 7.97. The van der Waals surface area contributed by atoms with Gasteiger partial charge in [0.2, 0.25) is 0 Å². The van der Waals surface area contributed by atoms with Gasteiger partial charge in [0.15, 0.2) is 0 Å². The van der Waals surface area contributed by atoms with Gasteiger partial charge in [-0.25, -0.2) is 0 Å². The quantitative estimate of drug-likeness (QED) is 0.250. The molecule has 7 heteroatoms. The number of rotatable bonds is 4. The Morgan fingerprint density at radius 3 is 2.52 bits per heavy atom. The van der Waals surface area contributed by atoms with Crippen molar-refractivity contribution in [2.45, 2.75) is 6.92 Å². The summed E-state index contributed by atoms with van der Waals surface area (Å²) < 4.78 is 1.03. The molecule has 128 valence electrons. The summed E-state index contributed by atoms with van der Waals surface area (Å²) in [5.74, 6) is 0. The zero-order valence-electron chi connectivity index (χ0n) is 13.1. The van der Waals surface area contributed by atoms with Crippen LogP contribution in [0, 0.1) is 6.92 Å². The van der Waals surface area contributed by atoms with Gasteiger partial charge in [-0.15, -0.1) is 11.3 Å². The monoisotopic (exact) mass is 454 g/mol. The normalized spacial score (nSPS) is 11.6. The fourth-order valence-electron chi connectivity index (χ4n) is 2.39. The molecule has 0 radical (unpaired) electrons. The van der Waals surface area contributed by atoms with Gasteiger partial charge in [-0.1, -0.05) is 44.3 Å². The lowest BCUT2D eigenvalue weighted by atomic mass is 10.1. The smallest absolute Gasteiger partial charge is 0.130 e. The van der Waals surface area contributed by atoms with E-state index in [2.05, 4.69) is 26.4 Å². The van der Waals surface area contributed by atoms with Crippen molar-refractivity contribution in [3.63, 3.8) is 0 Å². The van der Waals surface area contributed by atoms with Crippen LogP contribution >= 0.6 is 50.5 Å².